The third kappa shape index (κ3) is 2.87. The zero-order valence-electron chi connectivity index (χ0n) is 12.9. The summed E-state index contributed by atoms with van der Waals surface area (Å²) < 4.78 is 0. The van der Waals surface area contributed by atoms with Crippen LogP contribution in [-0.2, 0) is 0 Å². The molecule has 110 valence electrons. The number of nitrogens with two attached hydrogens (primary N) is 1. The van der Waals surface area contributed by atoms with E-state index in [-0.39, 0.29) is 6.04 Å². The van der Waals surface area contributed by atoms with E-state index in [2.05, 4.69) is 73.3 Å². The smallest absolute Gasteiger partial charge is 0.0502 e. The topological polar surface area (TPSA) is 29.3 Å². The van der Waals surface area contributed by atoms with Crippen molar-refractivity contribution < 1.29 is 0 Å². The van der Waals surface area contributed by atoms with E-state index in [9.17, 15) is 0 Å². The summed E-state index contributed by atoms with van der Waals surface area (Å²) in [6, 6.07) is 20.6. The monoisotopic (exact) mass is 280 g/mol. The number of hydrogen-bond acceptors (Lipinski definition) is 2. The van der Waals surface area contributed by atoms with E-state index in [1.54, 1.807) is 0 Å². The van der Waals surface area contributed by atoms with Crippen LogP contribution in [0, 0.1) is 0 Å². The predicted octanol–water partition coefficient (Wildman–Crippen LogP) is 3.84. The van der Waals surface area contributed by atoms with Gasteiger partial charge in [0.25, 0.3) is 0 Å². The van der Waals surface area contributed by atoms with E-state index >= 15 is 0 Å². The summed E-state index contributed by atoms with van der Waals surface area (Å²) >= 11 is 0. The van der Waals surface area contributed by atoms with Crippen molar-refractivity contribution in [2.45, 2.75) is 38.4 Å². The van der Waals surface area contributed by atoms with Gasteiger partial charge in [-0.25, -0.2) is 0 Å². The molecule has 2 unspecified atom stereocenters. The molecule has 1 aliphatic heterocycles. The molecule has 21 heavy (non-hydrogen) atoms. The van der Waals surface area contributed by atoms with Crippen molar-refractivity contribution in [2.24, 2.45) is 5.73 Å². The molecule has 2 heteroatoms. The van der Waals surface area contributed by atoms with Crippen LogP contribution in [-0.4, -0.2) is 23.5 Å². The van der Waals surface area contributed by atoms with Crippen LogP contribution in [0.1, 0.15) is 31.9 Å². The Balaban J connectivity index is 1.87. The molecule has 1 fully saturated rings. The van der Waals surface area contributed by atoms with Gasteiger partial charge in [0, 0.05) is 18.6 Å². The molecule has 0 spiro atoms. The Morgan fingerprint density at radius 3 is 2.19 bits per heavy atom. The molecule has 3 rings (SSSR count). The van der Waals surface area contributed by atoms with Gasteiger partial charge in [0.2, 0.25) is 0 Å². The Hall–Kier alpha value is -1.64. The summed E-state index contributed by atoms with van der Waals surface area (Å²) in [5.74, 6) is 0. The lowest BCUT2D eigenvalue weighted by atomic mass is 9.97. The van der Waals surface area contributed by atoms with Gasteiger partial charge < -0.3 is 5.73 Å². The van der Waals surface area contributed by atoms with E-state index in [4.69, 9.17) is 5.73 Å². The van der Waals surface area contributed by atoms with Gasteiger partial charge in [-0.1, -0.05) is 54.6 Å². The second-order valence-electron chi connectivity index (χ2n) is 6.22. The van der Waals surface area contributed by atoms with E-state index in [0.29, 0.717) is 12.1 Å². The number of hydrogen-bond donors (Lipinski definition) is 1. The summed E-state index contributed by atoms with van der Waals surface area (Å²) in [5, 5.41) is 0. The van der Waals surface area contributed by atoms with Crippen molar-refractivity contribution in [3.63, 3.8) is 0 Å². The molecule has 0 saturated carbocycles. The molecule has 0 bridgehead atoms. The van der Waals surface area contributed by atoms with E-state index in [0.717, 1.165) is 13.0 Å². The minimum absolute atomic E-state index is 0.245. The minimum atomic E-state index is 0.245. The molecule has 0 radical (unpaired) electrons. The second-order valence-corrected chi connectivity index (χ2v) is 6.22. The first-order valence-corrected chi connectivity index (χ1v) is 7.83. The highest BCUT2D eigenvalue weighted by atomic mass is 15.2. The average molecular weight is 280 g/mol. The fourth-order valence-corrected chi connectivity index (χ4v) is 3.36. The lowest BCUT2D eigenvalue weighted by Crippen LogP contribution is -2.35. The Morgan fingerprint density at radius 1 is 0.952 bits per heavy atom. The Morgan fingerprint density at radius 2 is 1.57 bits per heavy atom. The molecular formula is C19H24N2. The SMILES string of the molecule is CC(C)N1CCC(N)C1c1ccc(-c2ccccc2)cc1. The maximum absolute atomic E-state index is 6.35. The lowest BCUT2D eigenvalue weighted by Gasteiger charge is -2.30. The van der Waals surface area contributed by atoms with Gasteiger partial charge in [0.1, 0.15) is 0 Å². The normalized spacial score (nSPS) is 22.9. The predicted molar refractivity (Wildman–Crippen MR) is 89.1 cm³/mol. The molecule has 1 aliphatic rings. The van der Waals surface area contributed by atoms with Gasteiger partial charge in [-0.15, -0.1) is 0 Å². The zero-order valence-corrected chi connectivity index (χ0v) is 12.9. The average Bonchev–Trinajstić information content (AvgIpc) is 2.90. The minimum Gasteiger partial charge on any atom is -0.326 e. The summed E-state index contributed by atoms with van der Waals surface area (Å²) in [7, 11) is 0. The van der Waals surface area contributed by atoms with Gasteiger partial charge in [-0.3, -0.25) is 4.90 Å². The van der Waals surface area contributed by atoms with Crippen molar-refractivity contribution in [1.29, 1.82) is 0 Å². The van der Waals surface area contributed by atoms with Gasteiger partial charge in [0.05, 0.1) is 6.04 Å². The molecular weight excluding hydrogens is 256 g/mol. The number of nitrogens with zero attached hydrogens (tertiary/aromatic N) is 1. The molecule has 2 N–H and O–H groups in total. The van der Waals surface area contributed by atoms with Crippen LogP contribution in [0.25, 0.3) is 11.1 Å². The van der Waals surface area contributed by atoms with Gasteiger partial charge in [0.15, 0.2) is 0 Å². The highest BCUT2D eigenvalue weighted by Gasteiger charge is 2.34. The molecule has 0 aromatic heterocycles. The third-order valence-electron chi connectivity index (χ3n) is 4.51. The molecule has 2 nitrogen and oxygen atoms in total. The summed E-state index contributed by atoms with van der Waals surface area (Å²) in [4.78, 5) is 2.52. The highest BCUT2D eigenvalue weighted by Crippen LogP contribution is 2.33. The molecule has 1 heterocycles. The van der Waals surface area contributed by atoms with Crippen molar-refractivity contribution in [2.75, 3.05) is 6.54 Å². The fourth-order valence-electron chi connectivity index (χ4n) is 3.36. The van der Waals surface area contributed by atoms with Crippen molar-refractivity contribution in [3.05, 3.63) is 60.2 Å². The maximum atomic E-state index is 6.35. The second kappa shape index (κ2) is 6.00. The molecule has 2 aromatic carbocycles. The van der Waals surface area contributed by atoms with Crippen molar-refractivity contribution in [1.82, 2.24) is 4.90 Å². The van der Waals surface area contributed by atoms with Crippen LogP contribution < -0.4 is 5.73 Å². The number of rotatable bonds is 3. The van der Waals surface area contributed by atoms with Crippen LogP contribution in [0.4, 0.5) is 0 Å². The molecule has 2 atom stereocenters. The van der Waals surface area contributed by atoms with Crippen LogP contribution in [0.15, 0.2) is 54.6 Å². The van der Waals surface area contributed by atoms with Crippen LogP contribution >= 0.6 is 0 Å². The van der Waals surface area contributed by atoms with E-state index in [1.165, 1.54) is 16.7 Å². The summed E-state index contributed by atoms with van der Waals surface area (Å²) in [5.41, 5.74) is 10.2. The van der Waals surface area contributed by atoms with Crippen LogP contribution in [0.2, 0.25) is 0 Å². The largest absolute Gasteiger partial charge is 0.326 e. The van der Waals surface area contributed by atoms with E-state index in [1.807, 2.05) is 0 Å². The molecule has 1 saturated heterocycles. The van der Waals surface area contributed by atoms with Gasteiger partial charge >= 0.3 is 0 Å². The Kier molecular flexibility index (Phi) is 4.09. The first kappa shape index (κ1) is 14.3. The van der Waals surface area contributed by atoms with Crippen LogP contribution in [0.5, 0.6) is 0 Å². The van der Waals surface area contributed by atoms with Gasteiger partial charge in [-0.05, 0) is 37.0 Å². The quantitative estimate of drug-likeness (QED) is 0.925. The lowest BCUT2D eigenvalue weighted by molar-refractivity contribution is 0.198. The fraction of sp³-hybridized carbons (Fsp3) is 0.368. The third-order valence-corrected chi connectivity index (χ3v) is 4.51. The Labute approximate surface area is 127 Å². The zero-order chi connectivity index (χ0) is 14.8. The number of benzene rings is 2. The van der Waals surface area contributed by atoms with Gasteiger partial charge in [-0.2, -0.15) is 0 Å². The number of likely N-dealkylation sites (tertiary alicyclic amines) is 1. The van der Waals surface area contributed by atoms with Crippen molar-refractivity contribution >= 4 is 0 Å². The van der Waals surface area contributed by atoms with Crippen LogP contribution in [0.3, 0.4) is 0 Å². The molecule has 0 aliphatic carbocycles. The molecule has 2 aromatic rings. The first-order valence-electron chi connectivity index (χ1n) is 7.83. The summed E-state index contributed by atoms with van der Waals surface area (Å²) in [6.07, 6.45) is 1.09. The highest BCUT2D eigenvalue weighted by molar-refractivity contribution is 5.63. The first-order chi connectivity index (χ1) is 10.2. The van der Waals surface area contributed by atoms with E-state index < -0.39 is 0 Å². The standard InChI is InChI=1S/C19H24N2/c1-14(2)21-13-12-18(20)19(21)17-10-8-16(9-11-17)15-6-4-3-5-7-15/h3-11,14,18-19H,12-13,20H2,1-2H3. The Bertz CT molecular complexity index is 574. The van der Waals surface area contributed by atoms with Crippen molar-refractivity contribution in [3.8, 4) is 11.1 Å². The molecule has 0 amide bonds. The summed E-state index contributed by atoms with van der Waals surface area (Å²) in [6.45, 7) is 5.61. The maximum Gasteiger partial charge on any atom is 0.0502 e.